The van der Waals surface area contributed by atoms with Crippen LogP contribution in [-0.2, 0) is 0 Å². The van der Waals surface area contributed by atoms with Gasteiger partial charge in [-0.25, -0.2) is 4.98 Å². The van der Waals surface area contributed by atoms with Crippen molar-refractivity contribution in [3.8, 4) is 17.2 Å². The predicted octanol–water partition coefficient (Wildman–Crippen LogP) is 5.06. The Bertz CT molecular complexity index is 1370. The molecule has 2 aromatic carbocycles. The van der Waals surface area contributed by atoms with Crippen molar-refractivity contribution in [3.63, 3.8) is 0 Å². The van der Waals surface area contributed by atoms with Gasteiger partial charge >= 0.3 is 0 Å². The summed E-state index contributed by atoms with van der Waals surface area (Å²) in [5.74, 6) is 0.897. The van der Waals surface area contributed by atoms with Gasteiger partial charge in [0.15, 0.2) is 11.5 Å². The number of fused-ring (bicyclic) bond motifs is 1. The highest BCUT2D eigenvalue weighted by Crippen LogP contribution is 2.32. The Balaban J connectivity index is 1.93. The molecule has 32 heavy (non-hydrogen) atoms. The molecule has 2 heterocycles. The lowest BCUT2D eigenvalue weighted by Crippen LogP contribution is -2.24. The van der Waals surface area contributed by atoms with Crippen molar-refractivity contribution in [1.82, 2.24) is 14.5 Å². The topological polar surface area (TPSA) is 77.2 Å². The van der Waals surface area contributed by atoms with Gasteiger partial charge in [-0.15, -0.1) is 0 Å². The highest BCUT2D eigenvalue weighted by Gasteiger charge is 2.15. The molecule has 0 saturated heterocycles. The Labute approximate surface area is 186 Å². The standard InChI is InChI=1S/C26H25N3O3/c1-16(2)32-22-10-6-9-19(25(22)30)11-12-23-28-21-15-27-14-13-20(21)26(31)29(23)24-17(3)7-5-8-18(24)4/h5-16,30H,1-4H3/b12-11+. The minimum atomic E-state index is -0.171. The molecule has 6 heteroatoms. The van der Waals surface area contributed by atoms with Crippen LogP contribution in [0.15, 0.2) is 59.7 Å². The van der Waals surface area contributed by atoms with Crippen molar-refractivity contribution >= 4 is 23.1 Å². The van der Waals surface area contributed by atoms with Gasteiger partial charge in [-0.1, -0.05) is 30.3 Å². The van der Waals surface area contributed by atoms with Gasteiger partial charge in [0.25, 0.3) is 5.56 Å². The van der Waals surface area contributed by atoms with Gasteiger partial charge < -0.3 is 9.84 Å². The van der Waals surface area contributed by atoms with Crippen molar-refractivity contribution in [3.05, 3.63) is 87.7 Å². The molecule has 0 fully saturated rings. The van der Waals surface area contributed by atoms with Crippen LogP contribution in [0.25, 0.3) is 28.7 Å². The van der Waals surface area contributed by atoms with Crippen LogP contribution in [0.5, 0.6) is 11.5 Å². The third-order valence-corrected chi connectivity index (χ3v) is 5.17. The predicted molar refractivity (Wildman–Crippen MR) is 127 cm³/mol. The van der Waals surface area contributed by atoms with E-state index >= 15 is 0 Å². The highest BCUT2D eigenvalue weighted by atomic mass is 16.5. The largest absolute Gasteiger partial charge is 0.504 e. The fourth-order valence-electron chi connectivity index (χ4n) is 3.73. The normalized spacial score (nSPS) is 11.5. The third kappa shape index (κ3) is 3.99. The van der Waals surface area contributed by atoms with Crippen LogP contribution in [-0.4, -0.2) is 25.7 Å². The molecular formula is C26H25N3O3. The lowest BCUT2D eigenvalue weighted by molar-refractivity contribution is 0.232. The zero-order valence-corrected chi connectivity index (χ0v) is 18.5. The number of rotatable bonds is 5. The Hall–Kier alpha value is -3.93. The maximum Gasteiger partial charge on any atom is 0.266 e. The molecule has 6 nitrogen and oxygen atoms in total. The van der Waals surface area contributed by atoms with Crippen LogP contribution in [0.1, 0.15) is 36.4 Å². The minimum absolute atomic E-state index is 0.0425. The number of nitrogens with zero attached hydrogens (tertiary/aromatic N) is 3. The van der Waals surface area contributed by atoms with E-state index in [0.29, 0.717) is 28.0 Å². The second-order valence-corrected chi connectivity index (χ2v) is 7.94. The number of hydrogen-bond donors (Lipinski definition) is 1. The number of phenolic OH excluding ortho intramolecular Hbond substituents is 1. The molecule has 0 radical (unpaired) electrons. The lowest BCUT2D eigenvalue weighted by atomic mass is 10.1. The molecule has 0 atom stereocenters. The number of aromatic nitrogens is 3. The van der Waals surface area contributed by atoms with E-state index < -0.39 is 0 Å². The molecule has 0 aliphatic rings. The minimum Gasteiger partial charge on any atom is -0.504 e. The first-order chi connectivity index (χ1) is 15.4. The van der Waals surface area contributed by atoms with E-state index in [4.69, 9.17) is 9.72 Å². The van der Waals surface area contributed by atoms with E-state index in [1.807, 2.05) is 52.0 Å². The first-order valence-corrected chi connectivity index (χ1v) is 10.5. The SMILES string of the molecule is Cc1cccc(C)c1-n1c(/C=C/c2cccc(OC(C)C)c2O)nc2cnccc2c1=O. The molecule has 0 bridgehead atoms. The van der Waals surface area contributed by atoms with Crippen LogP contribution >= 0.6 is 0 Å². The third-order valence-electron chi connectivity index (χ3n) is 5.17. The van der Waals surface area contributed by atoms with Crippen LogP contribution in [0.4, 0.5) is 0 Å². The summed E-state index contributed by atoms with van der Waals surface area (Å²) in [4.78, 5) is 22.3. The second kappa shape index (κ2) is 8.67. The van der Waals surface area contributed by atoms with Crippen LogP contribution in [0.2, 0.25) is 0 Å². The average molecular weight is 428 g/mol. The molecule has 0 aliphatic carbocycles. The number of aromatic hydroxyl groups is 1. The van der Waals surface area contributed by atoms with E-state index in [-0.39, 0.29) is 17.4 Å². The first-order valence-electron chi connectivity index (χ1n) is 10.5. The number of aryl methyl sites for hydroxylation is 2. The van der Waals surface area contributed by atoms with Crippen LogP contribution < -0.4 is 10.3 Å². The van der Waals surface area contributed by atoms with Gasteiger partial charge in [-0.2, -0.15) is 0 Å². The zero-order chi connectivity index (χ0) is 22.8. The smallest absolute Gasteiger partial charge is 0.266 e. The van der Waals surface area contributed by atoms with Gasteiger partial charge in [0.05, 0.1) is 28.9 Å². The van der Waals surface area contributed by atoms with Crippen LogP contribution in [0.3, 0.4) is 0 Å². The molecule has 0 spiro atoms. The lowest BCUT2D eigenvalue weighted by Gasteiger charge is -2.16. The monoisotopic (exact) mass is 427 g/mol. The second-order valence-electron chi connectivity index (χ2n) is 7.94. The zero-order valence-electron chi connectivity index (χ0n) is 18.5. The van der Waals surface area contributed by atoms with Crippen molar-refractivity contribution in [1.29, 1.82) is 0 Å². The van der Waals surface area contributed by atoms with Crippen molar-refractivity contribution in [2.45, 2.75) is 33.8 Å². The van der Waals surface area contributed by atoms with E-state index in [9.17, 15) is 9.90 Å². The Morgan fingerprint density at radius 3 is 2.47 bits per heavy atom. The fourth-order valence-corrected chi connectivity index (χ4v) is 3.73. The number of ether oxygens (including phenoxy) is 1. The van der Waals surface area contributed by atoms with Crippen molar-refractivity contribution < 1.29 is 9.84 Å². The molecule has 0 aliphatic heterocycles. The summed E-state index contributed by atoms with van der Waals surface area (Å²) in [7, 11) is 0. The van der Waals surface area contributed by atoms with Gasteiger partial charge in [0.1, 0.15) is 5.82 Å². The van der Waals surface area contributed by atoms with Gasteiger partial charge in [0, 0.05) is 11.8 Å². The number of hydrogen-bond acceptors (Lipinski definition) is 5. The number of benzene rings is 2. The number of pyridine rings is 1. The molecule has 1 N–H and O–H groups in total. The molecule has 0 saturated carbocycles. The fraction of sp³-hybridized carbons (Fsp3) is 0.192. The van der Waals surface area contributed by atoms with Crippen molar-refractivity contribution in [2.24, 2.45) is 0 Å². The number of phenols is 1. The molecule has 4 aromatic rings. The maximum absolute atomic E-state index is 13.5. The van der Waals surface area contributed by atoms with E-state index in [2.05, 4.69) is 4.98 Å². The van der Waals surface area contributed by atoms with Gasteiger partial charge in [0.2, 0.25) is 0 Å². The molecule has 0 amide bonds. The van der Waals surface area contributed by atoms with Crippen molar-refractivity contribution in [2.75, 3.05) is 0 Å². The molecule has 0 unspecified atom stereocenters. The Morgan fingerprint density at radius 1 is 1.03 bits per heavy atom. The summed E-state index contributed by atoms with van der Waals surface area (Å²) in [5, 5.41) is 11.1. The maximum atomic E-state index is 13.5. The van der Waals surface area contributed by atoms with Crippen LogP contribution in [0, 0.1) is 13.8 Å². The van der Waals surface area contributed by atoms with E-state index in [0.717, 1.165) is 16.8 Å². The summed E-state index contributed by atoms with van der Waals surface area (Å²) in [6.07, 6.45) is 6.57. The summed E-state index contributed by atoms with van der Waals surface area (Å²) in [6.45, 7) is 7.74. The Morgan fingerprint density at radius 2 is 1.75 bits per heavy atom. The molecule has 4 rings (SSSR count). The first kappa shape index (κ1) is 21.3. The molecule has 162 valence electrons. The van der Waals surface area contributed by atoms with E-state index in [1.165, 1.54) is 0 Å². The van der Waals surface area contributed by atoms with Gasteiger partial charge in [-0.3, -0.25) is 14.3 Å². The quantitative estimate of drug-likeness (QED) is 0.482. The highest BCUT2D eigenvalue weighted by molar-refractivity contribution is 5.80. The number of para-hydroxylation sites is 2. The molecule has 2 aromatic heterocycles. The average Bonchev–Trinajstić information content (AvgIpc) is 2.75. The van der Waals surface area contributed by atoms with E-state index in [1.54, 1.807) is 47.3 Å². The molecular weight excluding hydrogens is 402 g/mol. The summed E-state index contributed by atoms with van der Waals surface area (Å²) >= 11 is 0. The van der Waals surface area contributed by atoms with Gasteiger partial charge in [-0.05, 0) is 63.1 Å². The summed E-state index contributed by atoms with van der Waals surface area (Å²) < 4.78 is 7.30. The summed E-state index contributed by atoms with van der Waals surface area (Å²) in [6, 6.07) is 12.9. The summed E-state index contributed by atoms with van der Waals surface area (Å²) in [5.41, 5.74) is 3.64. The Kier molecular flexibility index (Phi) is 5.77.